The van der Waals surface area contributed by atoms with Gasteiger partial charge in [0.05, 0.1) is 0 Å². The molecule has 1 heterocycles. The number of hydrogen-bond acceptors (Lipinski definition) is 4. The molecule has 1 aliphatic rings. The van der Waals surface area contributed by atoms with E-state index in [0.717, 1.165) is 24.7 Å². The molecule has 1 aromatic heterocycles. The van der Waals surface area contributed by atoms with Crippen LogP contribution in [0.3, 0.4) is 0 Å². The van der Waals surface area contributed by atoms with Crippen LogP contribution >= 0.6 is 11.6 Å². The lowest BCUT2D eigenvalue weighted by atomic mass is 10.2. The zero-order chi connectivity index (χ0) is 14.0. The highest BCUT2D eigenvalue weighted by molar-refractivity contribution is 6.29. The van der Waals surface area contributed by atoms with Crippen LogP contribution in [0.1, 0.15) is 38.4 Å². The van der Waals surface area contributed by atoms with Gasteiger partial charge in [0.15, 0.2) is 0 Å². The largest absolute Gasteiger partial charge is 0.353 e. The van der Waals surface area contributed by atoms with Gasteiger partial charge in [-0.3, -0.25) is 0 Å². The third-order valence-electron chi connectivity index (χ3n) is 3.44. The van der Waals surface area contributed by atoms with Crippen LogP contribution in [0.25, 0.3) is 0 Å². The monoisotopic (exact) mass is 282 g/mol. The molecule has 4 nitrogen and oxygen atoms in total. The smallest absolute Gasteiger partial charge is 0.135 e. The van der Waals surface area contributed by atoms with E-state index in [2.05, 4.69) is 42.7 Å². The van der Waals surface area contributed by atoms with E-state index in [1.165, 1.54) is 12.8 Å². The fourth-order valence-electron chi connectivity index (χ4n) is 2.42. The van der Waals surface area contributed by atoms with Crippen molar-refractivity contribution in [3.05, 3.63) is 17.0 Å². The van der Waals surface area contributed by atoms with Crippen LogP contribution in [0, 0.1) is 0 Å². The van der Waals surface area contributed by atoms with Crippen molar-refractivity contribution in [1.82, 2.24) is 14.9 Å². The second-order valence-corrected chi connectivity index (χ2v) is 5.97. The first-order valence-corrected chi connectivity index (χ1v) is 7.35. The number of nitrogens with zero attached hydrogens (tertiary/aromatic N) is 4. The van der Waals surface area contributed by atoms with Crippen molar-refractivity contribution in [2.75, 3.05) is 32.1 Å². The Hall–Kier alpha value is -0.870. The van der Waals surface area contributed by atoms with Gasteiger partial charge in [-0.25, -0.2) is 9.97 Å². The first-order valence-electron chi connectivity index (χ1n) is 6.97. The van der Waals surface area contributed by atoms with Gasteiger partial charge in [-0.2, -0.15) is 0 Å². The predicted octanol–water partition coefficient (Wildman–Crippen LogP) is 2.78. The summed E-state index contributed by atoms with van der Waals surface area (Å²) in [5.41, 5.74) is 0. The highest BCUT2D eigenvalue weighted by Crippen LogP contribution is 2.39. The molecular formula is C14H23ClN4. The van der Waals surface area contributed by atoms with Crippen LogP contribution in [0.15, 0.2) is 6.07 Å². The van der Waals surface area contributed by atoms with Crippen LogP contribution in [-0.2, 0) is 0 Å². The molecule has 1 aliphatic carbocycles. The Kier molecular flexibility index (Phi) is 4.63. The lowest BCUT2D eigenvalue weighted by Crippen LogP contribution is -2.40. The van der Waals surface area contributed by atoms with Crippen molar-refractivity contribution >= 4 is 17.4 Å². The summed E-state index contributed by atoms with van der Waals surface area (Å²) in [5.74, 6) is 2.40. The van der Waals surface area contributed by atoms with Crippen LogP contribution in [0.4, 0.5) is 5.82 Å². The lowest BCUT2D eigenvalue weighted by Gasteiger charge is -2.31. The van der Waals surface area contributed by atoms with Crippen molar-refractivity contribution in [2.24, 2.45) is 0 Å². The van der Waals surface area contributed by atoms with E-state index in [9.17, 15) is 0 Å². The van der Waals surface area contributed by atoms with Crippen LogP contribution in [0.5, 0.6) is 0 Å². The highest BCUT2D eigenvalue weighted by Gasteiger charge is 2.28. The first-order chi connectivity index (χ1) is 9.01. The quantitative estimate of drug-likeness (QED) is 0.751. The molecule has 1 aromatic rings. The van der Waals surface area contributed by atoms with Gasteiger partial charge < -0.3 is 9.80 Å². The highest BCUT2D eigenvalue weighted by atomic mass is 35.5. The number of hydrogen-bond donors (Lipinski definition) is 0. The summed E-state index contributed by atoms with van der Waals surface area (Å²) in [5, 5.41) is 0.558. The molecule has 1 fully saturated rings. The van der Waals surface area contributed by atoms with Gasteiger partial charge in [0.1, 0.15) is 16.8 Å². The SMILES string of the molecule is CCN(c1cc(Cl)nc(C2CC2)n1)C(C)CN(C)C. The maximum atomic E-state index is 6.15. The topological polar surface area (TPSA) is 32.3 Å². The minimum absolute atomic E-state index is 0.401. The van der Waals surface area contributed by atoms with Crippen molar-refractivity contribution in [3.8, 4) is 0 Å². The second-order valence-electron chi connectivity index (χ2n) is 5.58. The Labute approximate surface area is 120 Å². The first kappa shape index (κ1) is 14.5. The van der Waals surface area contributed by atoms with Crippen LogP contribution < -0.4 is 4.90 Å². The molecule has 1 atom stereocenters. The fourth-order valence-corrected chi connectivity index (χ4v) is 2.60. The Balaban J connectivity index is 2.21. The molecule has 0 aromatic carbocycles. The third kappa shape index (κ3) is 3.80. The van der Waals surface area contributed by atoms with Gasteiger partial charge in [-0.05, 0) is 40.8 Å². The summed E-state index contributed by atoms with van der Waals surface area (Å²) in [4.78, 5) is 13.5. The maximum absolute atomic E-state index is 6.15. The molecule has 19 heavy (non-hydrogen) atoms. The van der Waals surface area contributed by atoms with Gasteiger partial charge >= 0.3 is 0 Å². The van der Waals surface area contributed by atoms with E-state index >= 15 is 0 Å². The number of likely N-dealkylation sites (N-methyl/N-ethyl adjacent to an activating group) is 2. The standard InChI is InChI=1S/C14H23ClN4/c1-5-19(10(2)9-18(3)4)13-8-12(15)16-14(17-13)11-6-7-11/h8,10-11H,5-7,9H2,1-4H3. The molecule has 5 heteroatoms. The molecule has 0 radical (unpaired) electrons. The van der Waals surface area contributed by atoms with Crippen molar-refractivity contribution in [1.29, 1.82) is 0 Å². The summed E-state index contributed by atoms with van der Waals surface area (Å²) in [7, 11) is 4.18. The van der Waals surface area contributed by atoms with Gasteiger partial charge in [-0.15, -0.1) is 0 Å². The molecule has 1 saturated carbocycles. The molecule has 0 aliphatic heterocycles. The van der Waals surface area contributed by atoms with Gasteiger partial charge in [-0.1, -0.05) is 11.6 Å². The molecular weight excluding hydrogens is 260 g/mol. The zero-order valence-corrected chi connectivity index (χ0v) is 13.0. The molecule has 0 spiro atoms. The Morgan fingerprint density at radius 1 is 1.37 bits per heavy atom. The van der Waals surface area contributed by atoms with Crippen molar-refractivity contribution < 1.29 is 0 Å². The molecule has 106 valence electrons. The molecule has 1 unspecified atom stereocenters. The lowest BCUT2D eigenvalue weighted by molar-refractivity contribution is 0.372. The molecule has 0 bridgehead atoms. The average molecular weight is 283 g/mol. The minimum atomic E-state index is 0.401. The Bertz CT molecular complexity index is 431. The second kappa shape index (κ2) is 6.06. The van der Waals surface area contributed by atoms with E-state index in [1.807, 2.05) is 6.07 Å². The van der Waals surface area contributed by atoms with Gasteiger partial charge in [0.25, 0.3) is 0 Å². The van der Waals surface area contributed by atoms with E-state index < -0.39 is 0 Å². The summed E-state index contributed by atoms with van der Waals surface area (Å²) in [6.07, 6.45) is 2.39. The fraction of sp³-hybridized carbons (Fsp3) is 0.714. The van der Waals surface area contributed by atoms with Gasteiger partial charge in [0.2, 0.25) is 0 Å². The zero-order valence-electron chi connectivity index (χ0n) is 12.2. The summed E-state index contributed by atoms with van der Waals surface area (Å²) in [6, 6.07) is 2.28. The number of aromatic nitrogens is 2. The molecule has 0 amide bonds. The summed E-state index contributed by atoms with van der Waals surface area (Å²) < 4.78 is 0. The van der Waals surface area contributed by atoms with E-state index in [4.69, 9.17) is 16.6 Å². The van der Waals surface area contributed by atoms with E-state index in [1.54, 1.807) is 0 Å². The third-order valence-corrected chi connectivity index (χ3v) is 3.63. The van der Waals surface area contributed by atoms with E-state index in [0.29, 0.717) is 17.1 Å². The predicted molar refractivity (Wildman–Crippen MR) is 80.1 cm³/mol. The number of anilines is 1. The molecule has 0 N–H and O–H groups in total. The number of halogens is 1. The Morgan fingerprint density at radius 3 is 2.58 bits per heavy atom. The van der Waals surface area contributed by atoms with Crippen LogP contribution in [-0.4, -0.2) is 48.1 Å². The van der Waals surface area contributed by atoms with Crippen LogP contribution in [0.2, 0.25) is 5.15 Å². The average Bonchev–Trinajstić information content (AvgIpc) is 3.11. The van der Waals surface area contributed by atoms with Gasteiger partial charge in [0, 0.05) is 31.1 Å². The van der Waals surface area contributed by atoms with E-state index in [-0.39, 0.29) is 0 Å². The summed E-state index contributed by atoms with van der Waals surface area (Å²) >= 11 is 6.15. The van der Waals surface area contributed by atoms with Crippen molar-refractivity contribution in [2.45, 2.75) is 38.6 Å². The number of rotatable bonds is 6. The molecule has 0 saturated heterocycles. The Morgan fingerprint density at radius 2 is 2.05 bits per heavy atom. The van der Waals surface area contributed by atoms with Crippen molar-refractivity contribution in [3.63, 3.8) is 0 Å². The maximum Gasteiger partial charge on any atom is 0.135 e. The normalized spacial score (nSPS) is 16.7. The molecule has 2 rings (SSSR count). The summed E-state index contributed by atoms with van der Waals surface area (Å²) in [6.45, 7) is 6.29. The minimum Gasteiger partial charge on any atom is -0.353 e.